The van der Waals surface area contributed by atoms with Crippen LogP contribution in [0.15, 0.2) is 0 Å². The molecule has 0 heterocycles. The lowest BCUT2D eigenvalue weighted by Crippen LogP contribution is -2.22. The fourth-order valence-electron chi connectivity index (χ4n) is 1.10. The van der Waals surface area contributed by atoms with Crippen LogP contribution in [-0.4, -0.2) is 19.0 Å². The van der Waals surface area contributed by atoms with E-state index in [1.165, 1.54) is 0 Å². The van der Waals surface area contributed by atoms with Crippen LogP contribution in [0.5, 0.6) is 0 Å². The van der Waals surface area contributed by atoms with E-state index in [9.17, 15) is 4.79 Å². The molecule has 0 saturated heterocycles. The molecule has 0 N–H and O–H groups in total. The number of rotatable bonds is 5. The van der Waals surface area contributed by atoms with Crippen LogP contribution in [0.2, 0.25) is 0 Å². The molecular formula is C9H18O2. The van der Waals surface area contributed by atoms with Crippen molar-refractivity contribution in [1.29, 1.82) is 0 Å². The third-order valence-corrected chi connectivity index (χ3v) is 1.42. The summed E-state index contributed by atoms with van der Waals surface area (Å²) in [5.41, 5.74) is 0.00183. The van der Waals surface area contributed by atoms with Crippen molar-refractivity contribution in [3.63, 3.8) is 0 Å². The molecule has 0 aliphatic rings. The Morgan fingerprint density at radius 1 is 1.45 bits per heavy atom. The van der Waals surface area contributed by atoms with E-state index in [4.69, 9.17) is 4.74 Å². The number of ether oxygens (including phenoxy) is 1. The Labute approximate surface area is 68.9 Å². The normalized spacial score (nSPS) is 11.6. The van der Waals surface area contributed by atoms with E-state index in [1.807, 2.05) is 20.8 Å². The molecule has 0 unspecified atom stereocenters. The van der Waals surface area contributed by atoms with Crippen LogP contribution in [0.1, 0.15) is 34.1 Å². The lowest BCUT2D eigenvalue weighted by atomic mass is 9.89. The Morgan fingerprint density at radius 2 is 2.00 bits per heavy atom. The lowest BCUT2D eigenvalue weighted by molar-refractivity contribution is -0.119. The largest absolute Gasteiger partial charge is 0.381 e. The summed E-state index contributed by atoms with van der Waals surface area (Å²) in [4.78, 5) is 10.8. The molecule has 0 amide bonds. The van der Waals surface area contributed by atoms with Gasteiger partial charge in [-0.25, -0.2) is 0 Å². The average Bonchev–Trinajstić information content (AvgIpc) is 1.81. The van der Waals surface area contributed by atoms with Gasteiger partial charge in [0.1, 0.15) is 5.78 Å². The summed E-state index contributed by atoms with van der Waals surface area (Å²) in [5, 5.41) is 0. The molecule has 0 fully saturated rings. The topological polar surface area (TPSA) is 26.3 Å². The molecule has 2 heteroatoms. The summed E-state index contributed by atoms with van der Waals surface area (Å²) in [6, 6.07) is 0. The van der Waals surface area contributed by atoms with Gasteiger partial charge in [-0.2, -0.15) is 0 Å². The van der Waals surface area contributed by atoms with Crippen molar-refractivity contribution in [3.8, 4) is 0 Å². The lowest BCUT2D eigenvalue weighted by Gasteiger charge is -2.22. The second-order valence-corrected chi connectivity index (χ2v) is 3.68. The molecule has 0 rings (SSSR count). The highest BCUT2D eigenvalue weighted by Crippen LogP contribution is 2.20. The van der Waals surface area contributed by atoms with Crippen molar-refractivity contribution in [2.24, 2.45) is 5.41 Å². The van der Waals surface area contributed by atoms with Crippen molar-refractivity contribution >= 4 is 5.78 Å². The van der Waals surface area contributed by atoms with Gasteiger partial charge in [0.15, 0.2) is 0 Å². The molecule has 0 aromatic heterocycles. The van der Waals surface area contributed by atoms with Gasteiger partial charge in [0.25, 0.3) is 0 Å². The Kier molecular flexibility index (Phi) is 4.34. The van der Waals surface area contributed by atoms with Gasteiger partial charge in [-0.15, -0.1) is 0 Å². The van der Waals surface area contributed by atoms with E-state index < -0.39 is 0 Å². The monoisotopic (exact) mass is 158 g/mol. The van der Waals surface area contributed by atoms with Gasteiger partial charge in [-0.1, -0.05) is 13.8 Å². The maximum atomic E-state index is 10.8. The predicted molar refractivity (Wildman–Crippen MR) is 45.6 cm³/mol. The highest BCUT2D eigenvalue weighted by Gasteiger charge is 2.19. The maximum absolute atomic E-state index is 10.8. The van der Waals surface area contributed by atoms with E-state index in [0.29, 0.717) is 13.0 Å². The van der Waals surface area contributed by atoms with E-state index in [-0.39, 0.29) is 11.2 Å². The minimum absolute atomic E-state index is 0.00183. The van der Waals surface area contributed by atoms with Crippen LogP contribution in [0.3, 0.4) is 0 Å². The quantitative estimate of drug-likeness (QED) is 0.612. The molecule has 0 aromatic rings. The first-order chi connectivity index (χ1) is 4.98. The zero-order valence-corrected chi connectivity index (χ0v) is 7.94. The number of carbonyl (C=O) groups excluding carboxylic acids is 1. The fourth-order valence-corrected chi connectivity index (χ4v) is 1.10. The Bertz CT molecular complexity index is 128. The first-order valence-corrected chi connectivity index (χ1v) is 4.05. The van der Waals surface area contributed by atoms with E-state index in [0.717, 1.165) is 6.61 Å². The molecule has 0 atom stereocenters. The van der Waals surface area contributed by atoms with Crippen LogP contribution < -0.4 is 0 Å². The van der Waals surface area contributed by atoms with Crippen LogP contribution in [0.4, 0.5) is 0 Å². The summed E-state index contributed by atoms with van der Waals surface area (Å²) < 4.78 is 5.25. The van der Waals surface area contributed by atoms with Crippen LogP contribution in [0.25, 0.3) is 0 Å². The minimum Gasteiger partial charge on any atom is -0.381 e. The van der Waals surface area contributed by atoms with Crippen LogP contribution in [0, 0.1) is 5.41 Å². The van der Waals surface area contributed by atoms with Gasteiger partial charge < -0.3 is 9.53 Å². The van der Waals surface area contributed by atoms with Crippen molar-refractivity contribution < 1.29 is 9.53 Å². The molecule has 0 aromatic carbocycles. The highest BCUT2D eigenvalue weighted by molar-refractivity contribution is 5.76. The van der Waals surface area contributed by atoms with Crippen molar-refractivity contribution in [2.45, 2.75) is 34.1 Å². The number of ketones is 1. The van der Waals surface area contributed by atoms with Crippen molar-refractivity contribution in [3.05, 3.63) is 0 Å². The van der Waals surface area contributed by atoms with E-state index in [1.54, 1.807) is 6.92 Å². The first-order valence-electron chi connectivity index (χ1n) is 4.05. The summed E-state index contributed by atoms with van der Waals surface area (Å²) in [6.07, 6.45) is 0.604. The maximum Gasteiger partial charge on any atom is 0.130 e. The first kappa shape index (κ1) is 10.6. The minimum atomic E-state index is 0.00183. The standard InChI is InChI=1S/C9H18O2/c1-5-11-7-9(3,4)6-8(2)10/h5-7H2,1-4H3. The molecule has 0 aliphatic heterocycles. The van der Waals surface area contributed by atoms with E-state index in [2.05, 4.69) is 0 Å². The SMILES string of the molecule is CCOCC(C)(C)CC(C)=O. The van der Waals surface area contributed by atoms with E-state index >= 15 is 0 Å². The average molecular weight is 158 g/mol. The fraction of sp³-hybridized carbons (Fsp3) is 0.889. The molecule has 0 radical (unpaired) electrons. The molecule has 0 aliphatic carbocycles. The molecular weight excluding hydrogens is 140 g/mol. The zero-order valence-electron chi connectivity index (χ0n) is 7.94. The molecule has 0 spiro atoms. The van der Waals surface area contributed by atoms with Gasteiger partial charge in [0.2, 0.25) is 0 Å². The number of hydrogen-bond donors (Lipinski definition) is 0. The highest BCUT2D eigenvalue weighted by atomic mass is 16.5. The molecule has 11 heavy (non-hydrogen) atoms. The Hall–Kier alpha value is -0.370. The summed E-state index contributed by atoms with van der Waals surface area (Å²) in [6.45, 7) is 9.07. The molecule has 2 nitrogen and oxygen atoms in total. The summed E-state index contributed by atoms with van der Waals surface area (Å²) in [5.74, 6) is 0.231. The summed E-state index contributed by atoms with van der Waals surface area (Å²) in [7, 11) is 0. The van der Waals surface area contributed by atoms with Crippen molar-refractivity contribution in [1.82, 2.24) is 0 Å². The molecule has 66 valence electrons. The zero-order chi connectivity index (χ0) is 8.91. The summed E-state index contributed by atoms with van der Waals surface area (Å²) >= 11 is 0. The molecule has 0 bridgehead atoms. The van der Waals surface area contributed by atoms with Crippen molar-refractivity contribution in [2.75, 3.05) is 13.2 Å². The number of hydrogen-bond acceptors (Lipinski definition) is 2. The second-order valence-electron chi connectivity index (χ2n) is 3.68. The smallest absolute Gasteiger partial charge is 0.130 e. The molecule has 0 saturated carbocycles. The van der Waals surface area contributed by atoms with Crippen LogP contribution in [-0.2, 0) is 9.53 Å². The second kappa shape index (κ2) is 4.50. The predicted octanol–water partition coefficient (Wildman–Crippen LogP) is 2.03. The Balaban J connectivity index is 3.70. The van der Waals surface area contributed by atoms with Gasteiger partial charge in [0.05, 0.1) is 6.61 Å². The van der Waals surface area contributed by atoms with Gasteiger partial charge in [-0.05, 0) is 19.3 Å². The van der Waals surface area contributed by atoms with Crippen LogP contribution >= 0.6 is 0 Å². The third-order valence-electron chi connectivity index (χ3n) is 1.42. The Morgan fingerprint density at radius 3 is 2.36 bits per heavy atom. The number of carbonyl (C=O) groups is 1. The third kappa shape index (κ3) is 6.05. The van der Waals surface area contributed by atoms with Gasteiger partial charge in [0, 0.05) is 13.0 Å². The van der Waals surface area contributed by atoms with Gasteiger partial charge >= 0.3 is 0 Å². The number of Topliss-reactive ketones (excluding diaryl/α,β-unsaturated/α-hetero) is 1. The van der Waals surface area contributed by atoms with Gasteiger partial charge in [-0.3, -0.25) is 0 Å².